The largest absolute Gasteiger partial charge is 0.352 e. The Morgan fingerprint density at radius 3 is 2.79 bits per heavy atom. The molecule has 3 rings (SSSR count). The number of rotatable bonds is 3. The molecule has 5 heteroatoms. The first kappa shape index (κ1) is 12.4. The molecule has 5 nitrogen and oxygen atoms in total. The van der Waals surface area contributed by atoms with E-state index in [2.05, 4.69) is 20.2 Å². The van der Waals surface area contributed by atoms with Crippen molar-refractivity contribution in [3.05, 3.63) is 17.6 Å². The number of nitrogens with one attached hydrogen (secondary N) is 1. The van der Waals surface area contributed by atoms with Crippen molar-refractivity contribution in [2.24, 2.45) is 0 Å². The van der Waals surface area contributed by atoms with Gasteiger partial charge in [-0.05, 0) is 39.5 Å². The van der Waals surface area contributed by atoms with Crippen LogP contribution in [0.4, 0.5) is 5.82 Å². The molecule has 1 atom stereocenters. The first-order valence-electron chi connectivity index (χ1n) is 7.03. The third-order valence-corrected chi connectivity index (χ3v) is 3.73. The number of aromatic nitrogens is 2. The number of aryl methyl sites for hydroxylation is 2. The molecule has 1 aromatic heterocycles. The van der Waals surface area contributed by atoms with Crippen LogP contribution < -0.4 is 10.2 Å². The zero-order chi connectivity index (χ0) is 13.4. The Balaban J connectivity index is 1.79. The lowest BCUT2D eigenvalue weighted by Crippen LogP contribution is -2.44. The van der Waals surface area contributed by atoms with Gasteiger partial charge in [-0.1, -0.05) is 0 Å². The van der Waals surface area contributed by atoms with Gasteiger partial charge >= 0.3 is 0 Å². The summed E-state index contributed by atoms with van der Waals surface area (Å²) in [5.74, 6) is 1.82. The lowest BCUT2D eigenvalue weighted by molar-refractivity contribution is -0.122. The summed E-state index contributed by atoms with van der Waals surface area (Å²) >= 11 is 0. The minimum Gasteiger partial charge on any atom is -0.352 e. The molecule has 1 N–H and O–H groups in total. The van der Waals surface area contributed by atoms with Gasteiger partial charge in [-0.15, -0.1) is 0 Å². The number of carbonyl (C=O) groups excluding carboxylic acids is 1. The van der Waals surface area contributed by atoms with Gasteiger partial charge < -0.3 is 10.2 Å². The average Bonchev–Trinajstić information content (AvgIpc) is 3.02. The smallest absolute Gasteiger partial charge is 0.242 e. The molecule has 19 heavy (non-hydrogen) atoms. The minimum atomic E-state index is -0.0608. The highest BCUT2D eigenvalue weighted by molar-refractivity contribution is 5.86. The van der Waals surface area contributed by atoms with E-state index in [-0.39, 0.29) is 11.9 Å². The van der Waals surface area contributed by atoms with Gasteiger partial charge in [-0.25, -0.2) is 9.97 Å². The molecule has 0 unspecified atom stereocenters. The van der Waals surface area contributed by atoms with E-state index >= 15 is 0 Å². The zero-order valence-corrected chi connectivity index (χ0v) is 11.5. The highest BCUT2D eigenvalue weighted by Gasteiger charge is 2.34. The van der Waals surface area contributed by atoms with Crippen LogP contribution in [-0.2, 0) is 4.79 Å². The van der Waals surface area contributed by atoms with E-state index in [0.717, 1.165) is 49.6 Å². The third-order valence-electron chi connectivity index (χ3n) is 3.73. The Labute approximate surface area is 113 Å². The highest BCUT2D eigenvalue weighted by atomic mass is 16.2. The van der Waals surface area contributed by atoms with Crippen LogP contribution in [0.5, 0.6) is 0 Å². The van der Waals surface area contributed by atoms with E-state index in [1.165, 1.54) is 0 Å². The fraction of sp³-hybridized carbons (Fsp3) is 0.643. The van der Waals surface area contributed by atoms with Gasteiger partial charge in [0, 0.05) is 24.3 Å². The molecule has 0 aromatic carbocycles. The second-order valence-corrected chi connectivity index (χ2v) is 5.55. The molecule has 0 bridgehead atoms. The van der Waals surface area contributed by atoms with Gasteiger partial charge in [0.05, 0.1) is 0 Å². The highest BCUT2D eigenvalue weighted by Crippen LogP contribution is 2.26. The second kappa shape index (κ2) is 4.79. The Morgan fingerprint density at radius 1 is 1.32 bits per heavy atom. The van der Waals surface area contributed by atoms with Crippen molar-refractivity contribution >= 4 is 11.7 Å². The summed E-state index contributed by atoms with van der Waals surface area (Å²) in [4.78, 5) is 23.2. The van der Waals surface area contributed by atoms with E-state index in [1.807, 2.05) is 19.9 Å². The lowest BCUT2D eigenvalue weighted by Gasteiger charge is -2.25. The molecule has 1 saturated heterocycles. The zero-order valence-electron chi connectivity index (χ0n) is 11.5. The van der Waals surface area contributed by atoms with Crippen LogP contribution in [0.15, 0.2) is 6.07 Å². The minimum absolute atomic E-state index is 0.0608. The molecule has 102 valence electrons. The quantitative estimate of drug-likeness (QED) is 0.891. The topological polar surface area (TPSA) is 58.1 Å². The number of carbonyl (C=O) groups is 1. The number of hydrogen-bond acceptors (Lipinski definition) is 4. The van der Waals surface area contributed by atoms with Crippen molar-refractivity contribution in [3.63, 3.8) is 0 Å². The van der Waals surface area contributed by atoms with Gasteiger partial charge in [0.2, 0.25) is 5.91 Å². The standard InChI is InChI=1S/C14H20N4O/c1-9-8-13(16-10(2)15-9)18-7-3-4-12(18)14(19)17-11-5-6-11/h8,11-12H,3-7H2,1-2H3,(H,17,19)/t12-/m1/s1. The van der Waals surface area contributed by atoms with Gasteiger partial charge in [-0.2, -0.15) is 0 Å². The summed E-state index contributed by atoms with van der Waals surface area (Å²) in [7, 11) is 0. The molecule has 0 radical (unpaired) electrons. The number of anilines is 1. The molecule has 2 fully saturated rings. The van der Waals surface area contributed by atoms with Crippen molar-refractivity contribution in [1.29, 1.82) is 0 Å². The maximum Gasteiger partial charge on any atom is 0.242 e. The molecule has 1 amide bonds. The predicted octanol–water partition coefficient (Wildman–Crippen LogP) is 1.34. The Bertz CT molecular complexity index is 478. The first-order valence-corrected chi connectivity index (χ1v) is 7.03. The molecule has 1 aromatic rings. The average molecular weight is 260 g/mol. The van der Waals surface area contributed by atoms with E-state index < -0.39 is 0 Å². The number of amides is 1. The van der Waals surface area contributed by atoms with Crippen LogP contribution in [0.3, 0.4) is 0 Å². The summed E-state index contributed by atoms with van der Waals surface area (Å²) in [6.07, 6.45) is 4.22. The Hall–Kier alpha value is -1.65. The summed E-state index contributed by atoms with van der Waals surface area (Å²) < 4.78 is 0. The van der Waals surface area contributed by atoms with Crippen LogP contribution >= 0.6 is 0 Å². The molecular formula is C14H20N4O. The molecule has 1 aliphatic carbocycles. The van der Waals surface area contributed by atoms with E-state index in [9.17, 15) is 4.79 Å². The van der Waals surface area contributed by atoms with Crippen LogP contribution in [0, 0.1) is 13.8 Å². The summed E-state index contributed by atoms with van der Waals surface area (Å²) in [5, 5.41) is 3.10. The lowest BCUT2D eigenvalue weighted by atomic mass is 10.2. The van der Waals surface area contributed by atoms with Gasteiger partial charge in [0.1, 0.15) is 17.7 Å². The van der Waals surface area contributed by atoms with Crippen LogP contribution in [-0.4, -0.2) is 34.5 Å². The maximum absolute atomic E-state index is 12.3. The molecule has 2 heterocycles. The molecular weight excluding hydrogens is 240 g/mol. The van der Waals surface area contributed by atoms with Crippen molar-refractivity contribution in [3.8, 4) is 0 Å². The summed E-state index contributed by atoms with van der Waals surface area (Å²) in [5.41, 5.74) is 0.954. The first-order chi connectivity index (χ1) is 9.13. The fourth-order valence-electron chi connectivity index (χ4n) is 2.68. The van der Waals surface area contributed by atoms with Crippen LogP contribution in [0.25, 0.3) is 0 Å². The second-order valence-electron chi connectivity index (χ2n) is 5.55. The Kier molecular flexibility index (Phi) is 3.12. The third kappa shape index (κ3) is 2.69. The van der Waals surface area contributed by atoms with Gasteiger partial charge in [0.15, 0.2) is 0 Å². The van der Waals surface area contributed by atoms with Crippen LogP contribution in [0.2, 0.25) is 0 Å². The predicted molar refractivity (Wildman–Crippen MR) is 73.0 cm³/mol. The molecule has 0 spiro atoms. The number of hydrogen-bond donors (Lipinski definition) is 1. The van der Waals surface area contributed by atoms with Crippen molar-refractivity contribution in [1.82, 2.24) is 15.3 Å². The van der Waals surface area contributed by atoms with Crippen LogP contribution in [0.1, 0.15) is 37.2 Å². The Morgan fingerprint density at radius 2 is 2.11 bits per heavy atom. The van der Waals surface area contributed by atoms with Gasteiger partial charge in [-0.3, -0.25) is 4.79 Å². The van der Waals surface area contributed by atoms with E-state index in [1.54, 1.807) is 0 Å². The van der Waals surface area contributed by atoms with Crippen molar-refractivity contribution in [2.45, 2.75) is 51.6 Å². The maximum atomic E-state index is 12.3. The molecule has 1 aliphatic heterocycles. The summed E-state index contributed by atoms with van der Waals surface area (Å²) in [6, 6.07) is 2.33. The van der Waals surface area contributed by atoms with Crippen molar-refractivity contribution < 1.29 is 4.79 Å². The summed E-state index contributed by atoms with van der Waals surface area (Å²) in [6.45, 7) is 4.76. The van der Waals surface area contributed by atoms with E-state index in [0.29, 0.717) is 6.04 Å². The molecule has 2 aliphatic rings. The van der Waals surface area contributed by atoms with Gasteiger partial charge in [0.25, 0.3) is 0 Å². The fourth-order valence-corrected chi connectivity index (χ4v) is 2.68. The van der Waals surface area contributed by atoms with E-state index in [4.69, 9.17) is 0 Å². The molecule has 1 saturated carbocycles. The SMILES string of the molecule is Cc1cc(N2CCC[C@@H]2C(=O)NC2CC2)nc(C)n1. The monoisotopic (exact) mass is 260 g/mol. The normalized spacial score (nSPS) is 22.6. The number of nitrogens with zero attached hydrogens (tertiary/aromatic N) is 3. The van der Waals surface area contributed by atoms with Crippen molar-refractivity contribution in [2.75, 3.05) is 11.4 Å².